The molecule has 0 unspecified atom stereocenters. The van der Waals surface area contributed by atoms with Crippen LogP contribution in [-0.4, -0.2) is 22.5 Å². The van der Waals surface area contributed by atoms with Crippen molar-refractivity contribution in [3.05, 3.63) is 53.6 Å². The topological polar surface area (TPSA) is 45.3 Å². The van der Waals surface area contributed by atoms with Crippen LogP contribution in [0.2, 0.25) is 0 Å². The minimum absolute atomic E-state index is 0.332. The predicted molar refractivity (Wildman–Crippen MR) is 98.8 cm³/mol. The van der Waals surface area contributed by atoms with E-state index in [4.69, 9.17) is 0 Å². The van der Waals surface area contributed by atoms with Crippen molar-refractivity contribution in [3.63, 3.8) is 0 Å². The summed E-state index contributed by atoms with van der Waals surface area (Å²) in [5.74, 6) is 0.211. The molecule has 25 heavy (non-hydrogen) atoms. The molecule has 2 aromatic heterocycles. The average molecular weight is 339 g/mol. The van der Waals surface area contributed by atoms with Crippen LogP contribution in [0.3, 0.4) is 0 Å². The van der Waals surface area contributed by atoms with E-state index >= 15 is 0 Å². The number of rotatable bonds is 5. The number of azo groups is 1. The van der Waals surface area contributed by atoms with Crippen LogP contribution in [0.25, 0.3) is 5.65 Å². The van der Waals surface area contributed by atoms with E-state index in [0.717, 1.165) is 24.3 Å². The van der Waals surface area contributed by atoms with E-state index in [-0.39, 0.29) is 5.82 Å². The summed E-state index contributed by atoms with van der Waals surface area (Å²) in [6.07, 6.45) is 1.38. The fourth-order valence-electron chi connectivity index (χ4n) is 2.88. The number of anilines is 1. The third-order valence-electron chi connectivity index (χ3n) is 4.29. The van der Waals surface area contributed by atoms with Gasteiger partial charge in [-0.25, -0.2) is 9.37 Å². The lowest BCUT2D eigenvalue weighted by molar-refractivity contribution is 0.619. The first-order valence-corrected chi connectivity index (χ1v) is 8.45. The number of fused-ring (bicyclic) bond motifs is 1. The summed E-state index contributed by atoms with van der Waals surface area (Å²) in [5, 5.41) is 8.69. The number of benzene rings is 1. The highest BCUT2D eigenvalue weighted by Gasteiger charge is 2.09. The van der Waals surface area contributed by atoms with Gasteiger partial charge in [-0.05, 0) is 63.6 Å². The first-order chi connectivity index (χ1) is 12.0. The van der Waals surface area contributed by atoms with Crippen LogP contribution in [-0.2, 0) is 0 Å². The zero-order valence-corrected chi connectivity index (χ0v) is 15.0. The maximum absolute atomic E-state index is 13.5. The Bertz CT molecular complexity index is 925. The van der Waals surface area contributed by atoms with Crippen molar-refractivity contribution in [2.45, 2.75) is 27.7 Å². The standard InChI is InChI=1S/C19H22FN5/c1-5-24(6-2)16-8-9-17(13(3)11-16)22-23-19-14(4)21-18-10-7-15(20)12-25(18)19/h7-12H,5-6H2,1-4H3. The molecule has 0 N–H and O–H groups in total. The van der Waals surface area contributed by atoms with Gasteiger partial charge in [-0.3, -0.25) is 4.40 Å². The Balaban J connectivity index is 1.95. The molecule has 0 radical (unpaired) electrons. The monoisotopic (exact) mass is 339 g/mol. The number of aromatic nitrogens is 2. The van der Waals surface area contributed by atoms with E-state index in [1.165, 1.54) is 18.0 Å². The molecule has 130 valence electrons. The minimum Gasteiger partial charge on any atom is -0.372 e. The molecule has 0 atom stereocenters. The van der Waals surface area contributed by atoms with Crippen LogP contribution < -0.4 is 4.90 Å². The van der Waals surface area contributed by atoms with E-state index in [9.17, 15) is 4.39 Å². The fraction of sp³-hybridized carbons (Fsp3) is 0.316. The molecule has 0 aliphatic carbocycles. The molecular formula is C19H22FN5. The van der Waals surface area contributed by atoms with Gasteiger partial charge in [0, 0.05) is 25.0 Å². The van der Waals surface area contributed by atoms with Crippen molar-refractivity contribution in [3.8, 4) is 0 Å². The third-order valence-corrected chi connectivity index (χ3v) is 4.29. The molecule has 0 bridgehead atoms. The summed E-state index contributed by atoms with van der Waals surface area (Å²) < 4.78 is 15.1. The lowest BCUT2D eigenvalue weighted by Crippen LogP contribution is -2.21. The van der Waals surface area contributed by atoms with Crippen LogP contribution >= 0.6 is 0 Å². The summed E-state index contributed by atoms with van der Waals surface area (Å²) in [6.45, 7) is 10.1. The molecule has 1 aromatic carbocycles. The summed E-state index contributed by atoms with van der Waals surface area (Å²) in [6, 6.07) is 9.15. The van der Waals surface area contributed by atoms with E-state index in [2.05, 4.69) is 46.1 Å². The van der Waals surface area contributed by atoms with E-state index < -0.39 is 0 Å². The first-order valence-electron chi connectivity index (χ1n) is 8.45. The maximum atomic E-state index is 13.5. The lowest BCUT2D eigenvalue weighted by atomic mass is 10.1. The molecule has 0 saturated carbocycles. The molecule has 0 aliphatic rings. The van der Waals surface area contributed by atoms with Gasteiger partial charge in [-0.15, -0.1) is 10.2 Å². The highest BCUT2D eigenvalue weighted by atomic mass is 19.1. The number of hydrogen-bond donors (Lipinski definition) is 0. The summed E-state index contributed by atoms with van der Waals surface area (Å²) in [5.41, 5.74) is 4.38. The highest BCUT2D eigenvalue weighted by molar-refractivity contribution is 5.58. The Hall–Kier alpha value is -2.76. The van der Waals surface area contributed by atoms with E-state index in [0.29, 0.717) is 17.2 Å². The molecular weight excluding hydrogens is 317 g/mol. The quantitative estimate of drug-likeness (QED) is 0.588. The second kappa shape index (κ2) is 7.01. The molecule has 0 amide bonds. The van der Waals surface area contributed by atoms with Crippen LogP contribution in [0.5, 0.6) is 0 Å². The minimum atomic E-state index is -0.332. The Morgan fingerprint density at radius 1 is 1.08 bits per heavy atom. The lowest BCUT2D eigenvalue weighted by Gasteiger charge is -2.21. The molecule has 0 saturated heterocycles. The van der Waals surface area contributed by atoms with Gasteiger partial charge in [0.2, 0.25) is 0 Å². The fourth-order valence-corrected chi connectivity index (χ4v) is 2.88. The predicted octanol–water partition coefficient (Wildman–Crippen LogP) is 5.35. The SMILES string of the molecule is CCN(CC)c1ccc(N=Nc2c(C)nc3ccc(F)cn23)c(C)c1. The number of nitrogens with zero attached hydrogens (tertiary/aromatic N) is 5. The van der Waals surface area contributed by atoms with Crippen LogP contribution in [0.4, 0.5) is 21.6 Å². The van der Waals surface area contributed by atoms with Crippen molar-refractivity contribution < 1.29 is 4.39 Å². The molecule has 0 spiro atoms. The Labute approximate surface area is 146 Å². The molecule has 5 nitrogen and oxygen atoms in total. The molecule has 0 aliphatic heterocycles. The molecule has 2 heterocycles. The largest absolute Gasteiger partial charge is 0.372 e. The second-order valence-corrected chi connectivity index (χ2v) is 5.94. The van der Waals surface area contributed by atoms with Crippen molar-refractivity contribution in [1.82, 2.24) is 9.38 Å². The van der Waals surface area contributed by atoms with Crippen molar-refractivity contribution in [2.24, 2.45) is 10.2 Å². The van der Waals surface area contributed by atoms with Crippen molar-refractivity contribution >= 4 is 22.8 Å². The van der Waals surface area contributed by atoms with Crippen LogP contribution in [0.1, 0.15) is 25.1 Å². The van der Waals surface area contributed by atoms with Gasteiger partial charge in [0.1, 0.15) is 11.5 Å². The smallest absolute Gasteiger partial charge is 0.182 e. The Morgan fingerprint density at radius 3 is 2.52 bits per heavy atom. The summed E-state index contributed by atoms with van der Waals surface area (Å²) in [4.78, 5) is 6.67. The zero-order valence-electron chi connectivity index (χ0n) is 15.0. The number of halogens is 1. The number of hydrogen-bond acceptors (Lipinski definition) is 4. The number of pyridine rings is 1. The van der Waals surface area contributed by atoms with Gasteiger partial charge < -0.3 is 4.90 Å². The third kappa shape index (κ3) is 3.38. The number of imidazole rings is 1. The van der Waals surface area contributed by atoms with Crippen LogP contribution in [0.15, 0.2) is 46.8 Å². The molecule has 3 aromatic rings. The number of aryl methyl sites for hydroxylation is 2. The zero-order chi connectivity index (χ0) is 18.0. The molecule has 0 fully saturated rings. The van der Waals surface area contributed by atoms with E-state index in [1.54, 1.807) is 10.5 Å². The van der Waals surface area contributed by atoms with Crippen molar-refractivity contribution in [1.29, 1.82) is 0 Å². The normalized spacial score (nSPS) is 11.6. The average Bonchev–Trinajstić information content (AvgIpc) is 2.90. The van der Waals surface area contributed by atoms with Gasteiger partial charge in [-0.1, -0.05) is 0 Å². The Morgan fingerprint density at radius 2 is 1.84 bits per heavy atom. The highest BCUT2D eigenvalue weighted by Crippen LogP contribution is 2.28. The van der Waals surface area contributed by atoms with Gasteiger partial charge >= 0.3 is 0 Å². The molecule has 6 heteroatoms. The van der Waals surface area contributed by atoms with Gasteiger partial charge in [0.25, 0.3) is 0 Å². The summed E-state index contributed by atoms with van der Waals surface area (Å²) in [7, 11) is 0. The van der Waals surface area contributed by atoms with Crippen molar-refractivity contribution in [2.75, 3.05) is 18.0 Å². The van der Waals surface area contributed by atoms with Gasteiger partial charge in [0.15, 0.2) is 5.82 Å². The maximum Gasteiger partial charge on any atom is 0.182 e. The van der Waals surface area contributed by atoms with Gasteiger partial charge in [0.05, 0.1) is 11.4 Å². The second-order valence-electron chi connectivity index (χ2n) is 5.94. The molecule has 3 rings (SSSR count). The van der Waals surface area contributed by atoms with Gasteiger partial charge in [-0.2, -0.15) is 0 Å². The Kier molecular flexibility index (Phi) is 4.79. The van der Waals surface area contributed by atoms with Crippen LogP contribution in [0, 0.1) is 19.7 Å². The summed E-state index contributed by atoms with van der Waals surface area (Å²) >= 11 is 0. The first kappa shape index (κ1) is 17.1. The van der Waals surface area contributed by atoms with E-state index in [1.807, 2.05) is 19.9 Å².